The van der Waals surface area contributed by atoms with Gasteiger partial charge in [0.2, 0.25) is 0 Å². The fourth-order valence-corrected chi connectivity index (χ4v) is 7.05. The van der Waals surface area contributed by atoms with Crippen LogP contribution < -0.4 is 0 Å². The third-order valence-corrected chi connectivity index (χ3v) is 8.48. The van der Waals surface area contributed by atoms with Gasteiger partial charge >= 0.3 is 0 Å². The van der Waals surface area contributed by atoms with Gasteiger partial charge in [-0.15, -0.1) is 0 Å². The molecule has 0 N–H and O–H groups in total. The monoisotopic (exact) mass is 410 g/mol. The van der Waals surface area contributed by atoms with E-state index in [0.717, 1.165) is 24.7 Å². The molecule has 1 aliphatic carbocycles. The van der Waals surface area contributed by atoms with E-state index in [9.17, 15) is 0 Å². The lowest BCUT2D eigenvalue weighted by molar-refractivity contribution is 0.0370. The number of furan rings is 1. The van der Waals surface area contributed by atoms with Crippen LogP contribution in [0.25, 0.3) is 0 Å². The van der Waals surface area contributed by atoms with Crippen molar-refractivity contribution in [2.24, 2.45) is 11.3 Å². The van der Waals surface area contributed by atoms with Gasteiger partial charge in [-0.05, 0) is 94.6 Å². The second kappa shape index (κ2) is 8.82. The van der Waals surface area contributed by atoms with Gasteiger partial charge in [0.15, 0.2) is 0 Å². The lowest BCUT2D eigenvalue weighted by Gasteiger charge is -2.45. The maximum atomic E-state index is 6.67. The fourth-order valence-electron chi connectivity index (χ4n) is 7.05. The van der Waals surface area contributed by atoms with E-state index >= 15 is 0 Å². The molecule has 6 bridgehead atoms. The van der Waals surface area contributed by atoms with Gasteiger partial charge in [-0.1, -0.05) is 38.8 Å². The Morgan fingerprint density at radius 1 is 1.10 bits per heavy atom. The Hall–Kier alpha value is -1.06. The Kier molecular flexibility index (Phi) is 6.12. The first kappa shape index (κ1) is 20.8. The first-order valence-electron chi connectivity index (χ1n) is 12.9. The van der Waals surface area contributed by atoms with Crippen LogP contribution in [-0.4, -0.2) is 42.5 Å². The number of allylic oxidation sites excluding steroid dienone is 2. The van der Waals surface area contributed by atoms with Gasteiger partial charge in [-0.3, -0.25) is 4.90 Å². The number of hydrogen-bond donors (Lipinski definition) is 0. The van der Waals surface area contributed by atoms with Gasteiger partial charge < -0.3 is 9.32 Å². The summed E-state index contributed by atoms with van der Waals surface area (Å²) in [6, 6.07) is 3.01. The molecule has 4 aliphatic heterocycles. The van der Waals surface area contributed by atoms with Crippen molar-refractivity contribution >= 4 is 0 Å². The van der Waals surface area contributed by atoms with Gasteiger partial charge in [0.05, 0.1) is 6.04 Å². The second-order valence-electron chi connectivity index (χ2n) is 11.0. The van der Waals surface area contributed by atoms with Crippen molar-refractivity contribution in [1.82, 2.24) is 9.80 Å². The number of fused-ring (bicyclic) bond motifs is 7. The maximum absolute atomic E-state index is 6.67. The molecular formula is C27H42N2O. The van der Waals surface area contributed by atoms with Gasteiger partial charge in [0.1, 0.15) is 11.5 Å². The van der Waals surface area contributed by atoms with Crippen LogP contribution in [0.15, 0.2) is 22.6 Å². The van der Waals surface area contributed by atoms with Crippen LogP contribution >= 0.6 is 0 Å². The molecule has 30 heavy (non-hydrogen) atoms. The van der Waals surface area contributed by atoms with Crippen molar-refractivity contribution in [2.75, 3.05) is 32.7 Å². The number of likely N-dealkylation sites (tertiary alicyclic amines) is 1. The highest BCUT2D eigenvalue weighted by Crippen LogP contribution is 2.65. The molecule has 0 saturated carbocycles. The molecule has 0 amide bonds. The molecule has 1 aromatic rings. The summed E-state index contributed by atoms with van der Waals surface area (Å²) >= 11 is 0. The molecular weight excluding hydrogens is 368 g/mol. The van der Waals surface area contributed by atoms with Crippen molar-refractivity contribution in [3.8, 4) is 0 Å². The minimum absolute atomic E-state index is 0.418. The lowest BCUT2D eigenvalue weighted by Crippen LogP contribution is -2.47. The molecule has 0 aromatic carbocycles. The predicted molar refractivity (Wildman–Crippen MR) is 124 cm³/mol. The van der Waals surface area contributed by atoms with Crippen LogP contribution in [0.4, 0.5) is 0 Å². The zero-order valence-corrected chi connectivity index (χ0v) is 19.4. The molecule has 2 saturated heterocycles. The van der Waals surface area contributed by atoms with Gasteiger partial charge in [-0.2, -0.15) is 0 Å². The van der Waals surface area contributed by atoms with Crippen LogP contribution in [-0.2, 0) is 6.42 Å². The van der Waals surface area contributed by atoms with E-state index in [2.05, 4.69) is 41.9 Å². The van der Waals surface area contributed by atoms with Crippen LogP contribution in [0.5, 0.6) is 0 Å². The summed E-state index contributed by atoms with van der Waals surface area (Å²) in [4.78, 5) is 5.63. The highest BCUT2D eigenvalue weighted by molar-refractivity contribution is 5.41. The van der Waals surface area contributed by atoms with E-state index in [1.807, 2.05) is 0 Å². The third kappa shape index (κ3) is 3.81. The summed E-state index contributed by atoms with van der Waals surface area (Å²) in [5.74, 6) is 4.17. The van der Waals surface area contributed by atoms with Gasteiger partial charge in [-0.25, -0.2) is 0 Å². The number of piperidine rings is 1. The molecule has 1 aromatic heterocycles. The van der Waals surface area contributed by atoms with E-state index in [1.54, 1.807) is 5.56 Å². The van der Waals surface area contributed by atoms with E-state index in [4.69, 9.17) is 4.42 Å². The molecule has 166 valence electrons. The van der Waals surface area contributed by atoms with Crippen LogP contribution in [0, 0.1) is 11.3 Å². The van der Waals surface area contributed by atoms with Crippen molar-refractivity contribution < 1.29 is 4.42 Å². The normalized spacial score (nSPS) is 35.0. The van der Waals surface area contributed by atoms with E-state index in [0.29, 0.717) is 11.5 Å². The fraction of sp³-hybridized carbons (Fsp3) is 0.778. The summed E-state index contributed by atoms with van der Waals surface area (Å²) in [7, 11) is 0. The highest BCUT2D eigenvalue weighted by Gasteiger charge is 2.61. The number of unbranched alkanes of at least 4 members (excludes halogenated alkanes) is 1. The standard InChI is InChI=1S/C27H42N2O/c1-21(2)11-8-10-16-29-18-14-27-20-28-15-9-6-4-3-5-7-12-22-19-23(24(27)13-17-28)25(30-22)26(27)29/h3,5,19,21,24,26H,4,6-18,20H2,1-2H3/b5-3-/t24-,26-,27-/m0/s1. The first-order chi connectivity index (χ1) is 14.7. The predicted octanol–water partition coefficient (Wildman–Crippen LogP) is 6.31. The van der Waals surface area contributed by atoms with Crippen molar-refractivity contribution in [3.63, 3.8) is 0 Å². The molecule has 5 heterocycles. The van der Waals surface area contributed by atoms with Crippen LogP contribution in [0.3, 0.4) is 0 Å². The molecule has 3 nitrogen and oxygen atoms in total. The first-order valence-corrected chi connectivity index (χ1v) is 12.9. The highest BCUT2D eigenvalue weighted by atomic mass is 16.3. The average Bonchev–Trinajstić information content (AvgIpc) is 3.34. The smallest absolute Gasteiger partial charge is 0.125 e. The van der Waals surface area contributed by atoms with Crippen LogP contribution in [0.2, 0.25) is 0 Å². The summed E-state index contributed by atoms with van der Waals surface area (Å²) in [5, 5.41) is 0. The Morgan fingerprint density at radius 3 is 2.90 bits per heavy atom. The minimum Gasteiger partial charge on any atom is -0.464 e. The number of hydrogen-bond acceptors (Lipinski definition) is 3. The summed E-state index contributed by atoms with van der Waals surface area (Å²) in [6.45, 7) is 11.1. The summed E-state index contributed by atoms with van der Waals surface area (Å²) in [5.41, 5.74) is 2.02. The maximum Gasteiger partial charge on any atom is 0.125 e. The Bertz CT molecular complexity index is 750. The topological polar surface area (TPSA) is 19.6 Å². The molecule has 4 atom stereocenters. The summed E-state index contributed by atoms with van der Waals surface area (Å²) in [6.07, 6.45) is 17.7. The molecule has 6 rings (SSSR count). The van der Waals surface area contributed by atoms with Gasteiger partial charge in [0.25, 0.3) is 0 Å². The van der Waals surface area contributed by atoms with Crippen molar-refractivity contribution in [2.45, 2.75) is 90.0 Å². The number of aryl methyl sites for hydroxylation is 1. The zero-order chi connectivity index (χ0) is 20.6. The zero-order valence-electron chi connectivity index (χ0n) is 19.4. The average molecular weight is 411 g/mol. The van der Waals surface area contributed by atoms with E-state index in [1.165, 1.54) is 95.6 Å². The Balaban J connectivity index is 1.41. The number of nitrogens with zero attached hydrogens (tertiary/aromatic N) is 2. The lowest BCUT2D eigenvalue weighted by atomic mass is 9.69. The largest absolute Gasteiger partial charge is 0.464 e. The van der Waals surface area contributed by atoms with Gasteiger partial charge in [0, 0.05) is 18.4 Å². The minimum atomic E-state index is 0.418. The SMILES string of the molecule is CC(C)CCCCN1CC[C@@]23CN4CCCC/C=C\CCc5cc(c(o5)[C@H]12)[C@@H]3CC4. The van der Waals surface area contributed by atoms with Crippen molar-refractivity contribution in [3.05, 3.63) is 35.3 Å². The third-order valence-electron chi connectivity index (χ3n) is 8.48. The molecule has 2 fully saturated rings. The molecule has 0 radical (unpaired) electrons. The molecule has 3 heteroatoms. The molecule has 1 unspecified atom stereocenters. The van der Waals surface area contributed by atoms with E-state index < -0.39 is 0 Å². The Morgan fingerprint density at radius 2 is 2.00 bits per heavy atom. The Labute approximate surface area is 183 Å². The molecule has 5 aliphatic rings. The van der Waals surface area contributed by atoms with E-state index in [-0.39, 0.29) is 0 Å². The second-order valence-corrected chi connectivity index (χ2v) is 11.0. The quantitative estimate of drug-likeness (QED) is 0.418. The van der Waals surface area contributed by atoms with Crippen molar-refractivity contribution in [1.29, 1.82) is 0 Å². The number of rotatable bonds is 5. The van der Waals surface area contributed by atoms with Crippen LogP contribution in [0.1, 0.15) is 101 Å². The molecule has 1 spiro atoms. The summed E-state index contributed by atoms with van der Waals surface area (Å²) < 4.78 is 6.67.